The molecular weight excluding hydrogens is 469 g/mol. The van der Waals surface area contributed by atoms with Gasteiger partial charge in [-0.1, -0.05) is 33.6 Å². The van der Waals surface area contributed by atoms with Crippen LogP contribution in [-0.4, -0.2) is 31.7 Å². The van der Waals surface area contributed by atoms with Crippen LogP contribution in [0.1, 0.15) is 69.8 Å². The molecule has 3 rings (SSSR count). The van der Waals surface area contributed by atoms with Gasteiger partial charge in [-0.25, -0.2) is 9.98 Å². The van der Waals surface area contributed by atoms with E-state index in [9.17, 15) is 0 Å². The Labute approximate surface area is 184 Å². The van der Waals surface area contributed by atoms with Crippen LogP contribution in [0.5, 0.6) is 0 Å². The van der Waals surface area contributed by atoms with E-state index in [1.165, 1.54) is 25.7 Å². The van der Waals surface area contributed by atoms with Crippen LogP contribution in [0.3, 0.4) is 0 Å². The van der Waals surface area contributed by atoms with Gasteiger partial charge in [0.2, 0.25) is 5.89 Å². The summed E-state index contributed by atoms with van der Waals surface area (Å²) < 4.78 is 7.83. The third kappa shape index (κ3) is 5.92. The molecule has 2 N–H and O–H groups in total. The fraction of sp³-hybridized carbons (Fsp3) is 0.684. The van der Waals surface area contributed by atoms with Crippen LogP contribution in [0, 0.1) is 6.92 Å². The summed E-state index contributed by atoms with van der Waals surface area (Å²) in [5, 5.41) is 15.2. The van der Waals surface area contributed by atoms with E-state index < -0.39 is 0 Å². The molecule has 0 saturated heterocycles. The summed E-state index contributed by atoms with van der Waals surface area (Å²) in [6.07, 6.45) is 6.69. The minimum Gasteiger partial charge on any atom is -0.443 e. The molecule has 2 aromatic heterocycles. The van der Waals surface area contributed by atoms with Gasteiger partial charge in [-0.05, 0) is 19.8 Å². The summed E-state index contributed by atoms with van der Waals surface area (Å²) in [6, 6.07) is 0.465. The molecule has 1 aliphatic rings. The zero-order valence-corrected chi connectivity index (χ0v) is 19.8. The average molecular weight is 501 g/mol. The SMILES string of the molecule is Cc1nnc(CN=C(NCc2ncc(C(C)(C)C)o2)NC2CCCC2)n1C.I. The maximum atomic E-state index is 5.87. The summed E-state index contributed by atoms with van der Waals surface area (Å²) in [6.45, 7) is 9.24. The first-order valence-electron chi connectivity index (χ1n) is 9.68. The fourth-order valence-corrected chi connectivity index (χ4v) is 3.05. The Morgan fingerprint density at radius 3 is 2.57 bits per heavy atom. The molecular formula is C19H32IN7O. The third-order valence-corrected chi connectivity index (χ3v) is 4.96. The van der Waals surface area contributed by atoms with Gasteiger partial charge in [-0.15, -0.1) is 34.2 Å². The molecule has 9 heteroatoms. The maximum absolute atomic E-state index is 5.87. The molecule has 1 saturated carbocycles. The van der Waals surface area contributed by atoms with Gasteiger partial charge >= 0.3 is 0 Å². The van der Waals surface area contributed by atoms with Crippen LogP contribution in [-0.2, 0) is 25.6 Å². The molecule has 156 valence electrons. The van der Waals surface area contributed by atoms with Gasteiger partial charge in [0, 0.05) is 18.5 Å². The Morgan fingerprint density at radius 1 is 1.29 bits per heavy atom. The lowest BCUT2D eigenvalue weighted by molar-refractivity contribution is 0.379. The Morgan fingerprint density at radius 2 is 2.00 bits per heavy atom. The zero-order valence-electron chi connectivity index (χ0n) is 17.4. The number of rotatable bonds is 5. The maximum Gasteiger partial charge on any atom is 0.213 e. The van der Waals surface area contributed by atoms with Gasteiger partial charge in [0.05, 0.1) is 12.7 Å². The molecule has 1 fully saturated rings. The van der Waals surface area contributed by atoms with Gasteiger partial charge in [0.25, 0.3) is 0 Å². The second-order valence-electron chi connectivity index (χ2n) is 8.23. The van der Waals surface area contributed by atoms with Gasteiger partial charge < -0.3 is 19.6 Å². The molecule has 0 bridgehead atoms. The van der Waals surface area contributed by atoms with Crippen molar-refractivity contribution >= 4 is 29.9 Å². The van der Waals surface area contributed by atoms with Crippen molar-refractivity contribution < 1.29 is 4.42 Å². The van der Waals surface area contributed by atoms with E-state index in [1.54, 1.807) is 6.20 Å². The number of nitrogens with zero attached hydrogens (tertiary/aromatic N) is 5. The van der Waals surface area contributed by atoms with Gasteiger partial charge in [0.15, 0.2) is 11.8 Å². The molecule has 0 unspecified atom stereocenters. The van der Waals surface area contributed by atoms with Crippen LogP contribution in [0.4, 0.5) is 0 Å². The van der Waals surface area contributed by atoms with Crippen molar-refractivity contribution in [2.75, 3.05) is 0 Å². The molecule has 0 spiro atoms. The first kappa shape index (κ1) is 22.6. The monoisotopic (exact) mass is 501 g/mol. The Hall–Kier alpha value is -1.65. The van der Waals surface area contributed by atoms with Gasteiger partial charge in [-0.2, -0.15) is 0 Å². The van der Waals surface area contributed by atoms with E-state index in [-0.39, 0.29) is 29.4 Å². The molecule has 1 aliphatic carbocycles. The zero-order chi connectivity index (χ0) is 19.4. The van der Waals surface area contributed by atoms with E-state index in [1.807, 2.05) is 18.5 Å². The van der Waals surface area contributed by atoms with E-state index in [0.717, 1.165) is 23.4 Å². The van der Waals surface area contributed by atoms with Crippen LogP contribution < -0.4 is 10.6 Å². The quantitative estimate of drug-likeness (QED) is 0.372. The van der Waals surface area contributed by atoms with Crippen molar-refractivity contribution in [3.05, 3.63) is 29.5 Å². The topological polar surface area (TPSA) is 93.2 Å². The van der Waals surface area contributed by atoms with Gasteiger partial charge in [-0.3, -0.25) is 0 Å². The largest absolute Gasteiger partial charge is 0.443 e. The minimum absolute atomic E-state index is 0. The number of nitrogens with one attached hydrogen (secondary N) is 2. The summed E-state index contributed by atoms with van der Waals surface area (Å²) in [4.78, 5) is 9.09. The molecule has 0 atom stereocenters. The van der Waals surface area contributed by atoms with Gasteiger partial charge in [0.1, 0.15) is 18.1 Å². The summed E-state index contributed by atoms with van der Waals surface area (Å²) in [5.74, 6) is 4.03. The first-order valence-corrected chi connectivity index (χ1v) is 9.68. The molecule has 2 aromatic rings. The highest BCUT2D eigenvalue weighted by atomic mass is 127. The highest BCUT2D eigenvalue weighted by Crippen LogP contribution is 2.22. The van der Waals surface area contributed by atoms with Crippen molar-refractivity contribution in [2.45, 2.75) is 77.9 Å². The van der Waals surface area contributed by atoms with Crippen LogP contribution >= 0.6 is 24.0 Å². The number of oxazole rings is 1. The normalized spacial score (nSPS) is 15.5. The average Bonchev–Trinajstić information content (AvgIpc) is 3.34. The van der Waals surface area contributed by atoms with Crippen molar-refractivity contribution in [3.63, 3.8) is 0 Å². The molecule has 0 amide bonds. The number of hydrogen-bond acceptors (Lipinski definition) is 5. The van der Waals surface area contributed by atoms with E-state index >= 15 is 0 Å². The standard InChI is InChI=1S/C19H31N7O.HI/c1-13-24-25-16(26(13)5)11-21-18(23-14-8-6-7-9-14)22-12-17-20-10-15(27-17)19(2,3)4;/h10,14H,6-9,11-12H2,1-5H3,(H2,21,22,23);1H. The Kier molecular flexibility index (Phi) is 7.85. The molecule has 8 nitrogen and oxygen atoms in total. The lowest BCUT2D eigenvalue weighted by Crippen LogP contribution is -2.42. The Bertz CT molecular complexity index is 785. The summed E-state index contributed by atoms with van der Waals surface area (Å²) >= 11 is 0. The second kappa shape index (κ2) is 9.71. The summed E-state index contributed by atoms with van der Waals surface area (Å²) in [7, 11) is 1.96. The predicted molar refractivity (Wildman–Crippen MR) is 120 cm³/mol. The molecule has 2 heterocycles. The van der Waals surface area contributed by atoms with Crippen LogP contribution in [0.2, 0.25) is 0 Å². The molecule has 0 aromatic carbocycles. The van der Waals surface area contributed by atoms with Crippen LogP contribution in [0.15, 0.2) is 15.6 Å². The lowest BCUT2D eigenvalue weighted by Gasteiger charge is -2.17. The first-order chi connectivity index (χ1) is 12.8. The molecule has 0 aliphatic heterocycles. The predicted octanol–water partition coefficient (Wildman–Crippen LogP) is 3.21. The smallest absolute Gasteiger partial charge is 0.213 e. The summed E-state index contributed by atoms with van der Waals surface area (Å²) in [5.41, 5.74) is -0.0483. The minimum atomic E-state index is -0.0483. The molecule has 0 radical (unpaired) electrons. The molecule has 28 heavy (non-hydrogen) atoms. The van der Waals surface area contributed by atoms with E-state index in [0.29, 0.717) is 25.0 Å². The number of guanidine groups is 1. The number of aryl methyl sites for hydroxylation is 1. The third-order valence-electron chi connectivity index (χ3n) is 4.96. The highest BCUT2D eigenvalue weighted by Gasteiger charge is 2.20. The number of aromatic nitrogens is 4. The number of aliphatic imine (C=N–C) groups is 1. The van der Waals surface area contributed by atoms with Crippen molar-refractivity contribution in [1.29, 1.82) is 0 Å². The highest BCUT2D eigenvalue weighted by molar-refractivity contribution is 14.0. The Balaban J connectivity index is 0.00000280. The fourth-order valence-electron chi connectivity index (χ4n) is 3.05. The van der Waals surface area contributed by atoms with Crippen molar-refractivity contribution in [1.82, 2.24) is 30.4 Å². The second-order valence-corrected chi connectivity index (χ2v) is 8.23. The number of hydrogen-bond donors (Lipinski definition) is 2. The van der Waals surface area contributed by atoms with E-state index in [2.05, 4.69) is 46.6 Å². The van der Waals surface area contributed by atoms with Crippen LogP contribution in [0.25, 0.3) is 0 Å². The lowest BCUT2D eigenvalue weighted by atomic mass is 9.94. The number of halogens is 1. The van der Waals surface area contributed by atoms with Crippen molar-refractivity contribution in [2.24, 2.45) is 12.0 Å². The van der Waals surface area contributed by atoms with E-state index in [4.69, 9.17) is 9.41 Å². The van der Waals surface area contributed by atoms with Crippen molar-refractivity contribution in [3.8, 4) is 0 Å².